The molecule has 0 unspecified atom stereocenters. The molecule has 7 nitrogen and oxygen atoms in total. The van der Waals surface area contributed by atoms with Gasteiger partial charge in [-0.3, -0.25) is 9.10 Å². The van der Waals surface area contributed by atoms with Gasteiger partial charge in [0.25, 0.3) is 10.0 Å². The number of methoxy groups -OCH3 is 2. The van der Waals surface area contributed by atoms with Crippen LogP contribution in [0.4, 0.5) is 5.69 Å². The minimum Gasteiger partial charge on any atom is -0.493 e. The summed E-state index contributed by atoms with van der Waals surface area (Å²) in [4.78, 5) is 12.9. The SMILES string of the molecule is COc1ccc(CCNC(=O)CN(c2cccc(C)c2)S(=O)(=O)c2ccccc2)cc1OC. The number of ether oxygens (including phenoxy) is 2. The van der Waals surface area contributed by atoms with Crippen LogP contribution in [0.5, 0.6) is 11.5 Å². The maximum absolute atomic E-state index is 13.3. The third kappa shape index (κ3) is 6.04. The normalized spacial score (nSPS) is 11.0. The Morgan fingerprint density at radius 3 is 2.30 bits per heavy atom. The average molecular weight is 469 g/mol. The molecule has 0 bridgehead atoms. The maximum Gasteiger partial charge on any atom is 0.264 e. The molecule has 0 aliphatic heterocycles. The van der Waals surface area contributed by atoms with Crippen molar-refractivity contribution >= 4 is 21.6 Å². The molecule has 0 aliphatic carbocycles. The zero-order chi connectivity index (χ0) is 23.8. The number of sulfonamides is 1. The summed E-state index contributed by atoms with van der Waals surface area (Å²) in [5.74, 6) is 0.850. The second-order valence-electron chi connectivity index (χ2n) is 7.45. The van der Waals surface area contributed by atoms with Crippen molar-refractivity contribution in [1.82, 2.24) is 5.32 Å². The zero-order valence-electron chi connectivity index (χ0n) is 18.9. The van der Waals surface area contributed by atoms with Gasteiger partial charge in [0.2, 0.25) is 5.91 Å². The fourth-order valence-corrected chi connectivity index (χ4v) is 4.82. The van der Waals surface area contributed by atoms with E-state index in [2.05, 4.69) is 5.32 Å². The Labute approximate surface area is 195 Å². The molecule has 0 aliphatic rings. The Hall–Kier alpha value is -3.52. The Balaban J connectivity index is 1.73. The summed E-state index contributed by atoms with van der Waals surface area (Å²) in [6, 6.07) is 20.7. The first-order chi connectivity index (χ1) is 15.8. The van der Waals surface area contributed by atoms with Gasteiger partial charge in [-0.05, 0) is 60.9 Å². The smallest absolute Gasteiger partial charge is 0.264 e. The Morgan fingerprint density at radius 2 is 1.64 bits per heavy atom. The highest BCUT2D eigenvalue weighted by Crippen LogP contribution is 2.27. The zero-order valence-corrected chi connectivity index (χ0v) is 19.8. The highest BCUT2D eigenvalue weighted by Gasteiger charge is 2.27. The Morgan fingerprint density at radius 1 is 0.909 bits per heavy atom. The number of carbonyl (C=O) groups is 1. The molecular weight excluding hydrogens is 440 g/mol. The lowest BCUT2D eigenvalue weighted by molar-refractivity contribution is -0.119. The largest absolute Gasteiger partial charge is 0.493 e. The second kappa shape index (κ2) is 10.9. The number of anilines is 1. The molecule has 1 amide bonds. The number of nitrogens with one attached hydrogen (secondary N) is 1. The van der Waals surface area contributed by atoms with Crippen molar-refractivity contribution in [2.45, 2.75) is 18.2 Å². The summed E-state index contributed by atoms with van der Waals surface area (Å²) in [6.45, 7) is 1.90. The predicted octanol–water partition coefficient (Wildman–Crippen LogP) is 3.57. The monoisotopic (exact) mass is 468 g/mol. The van der Waals surface area contributed by atoms with Crippen LogP contribution < -0.4 is 19.1 Å². The van der Waals surface area contributed by atoms with Gasteiger partial charge in [0, 0.05) is 6.54 Å². The molecule has 174 valence electrons. The topological polar surface area (TPSA) is 84.9 Å². The standard InChI is InChI=1S/C25H28N2O5S/c1-19-8-7-9-21(16-19)27(33(29,30)22-10-5-4-6-11-22)18-25(28)26-15-14-20-12-13-23(31-2)24(17-20)32-3/h4-13,16-17H,14-15,18H2,1-3H3,(H,26,28). The average Bonchev–Trinajstić information content (AvgIpc) is 2.82. The summed E-state index contributed by atoms with van der Waals surface area (Å²) < 4.78 is 38.3. The lowest BCUT2D eigenvalue weighted by Crippen LogP contribution is -2.41. The van der Waals surface area contributed by atoms with Gasteiger partial charge < -0.3 is 14.8 Å². The molecule has 0 heterocycles. The summed E-state index contributed by atoms with van der Waals surface area (Å²) in [5, 5.41) is 2.82. The van der Waals surface area contributed by atoms with Gasteiger partial charge in [-0.2, -0.15) is 0 Å². The van der Waals surface area contributed by atoms with Crippen LogP contribution in [-0.2, 0) is 21.2 Å². The molecule has 3 rings (SSSR count). The highest BCUT2D eigenvalue weighted by molar-refractivity contribution is 7.92. The van der Waals surface area contributed by atoms with Gasteiger partial charge in [0.15, 0.2) is 11.5 Å². The van der Waals surface area contributed by atoms with Gasteiger partial charge in [-0.1, -0.05) is 36.4 Å². The molecule has 0 atom stereocenters. The number of nitrogens with zero attached hydrogens (tertiary/aromatic N) is 1. The van der Waals surface area contributed by atoms with E-state index in [1.807, 2.05) is 31.2 Å². The summed E-state index contributed by atoms with van der Waals surface area (Å²) >= 11 is 0. The molecule has 0 fully saturated rings. The van der Waals surface area contributed by atoms with E-state index in [0.717, 1.165) is 15.4 Å². The number of carbonyl (C=O) groups excluding carboxylic acids is 1. The van der Waals surface area contributed by atoms with E-state index in [4.69, 9.17) is 9.47 Å². The van der Waals surface area contributed by atoms with Crippen molar-refractivity contribution < 1.29 is 22.7 Å². The van der Waals surface area contributed by atoms with Crippen LogP contribution in [0.25, 0.3) is 0 Å². The van der Waals surface area contributed by atoms with E-state index in [0.29, 0.717) is 30.2 Å². The van der Waals surface area contributed by atoms with Gasteiger partial charge >= 0.3 is 0 Å². The molecule has 3 aromatic rings. The predicted molar refractivity (Wildman–Crippen MR) is 128 cm³/mol. The number of aryl methyl sites for hydroxylation is 1. The Kier molecular flexibility index (Phi) is 7.95. The lowest BCUT2D eigenvalue weighted by Gasteiger charge is -2.24. The molecule has 0 spiro atoms. The van der Waals surface area contributed by atoms with Crippen molar-refractivity contribution in [3.05, 3.63) is 83.9 Å². The summed E-state index contributed by atoms with van der Waals surface area (Å²) in [6.07, 6.45) is 0.558. The Bertz CT molecular complexity index is 1200. The molecule has 0 aromatic heterocycles. The highest BCUT2D eigenvalue weighted by atomic mass is 32.2. The molecular formula is C25H28N2O5S. The van der Waals surface area contributed by atoms with Crippen molar-refractivity contribution in [2.75, 3.05) is 31.6 Å². The van der Waals surface area contributed by atoms with Crippen LogP contribution in [0.2, 0.25) is 0 Å². The number of hydrogen-bond donors (Lipinski definition) is 1. The van der Waals surface area contributed by atoms with Crippen LogP contribution in [0.1, 0.15) is 11.1 Å². The van der Waals surface area contributed by atoms with E-state index in [1.165, 1.54) is 12.1 Å². The fraction of sp³-hybridized carbons (Fsp3) is 0.240. The maximum atomic E-state index is 13.3. The van der Waals surface area contributed by atoms with E-state index < -0.39 is 15.9 Å². The van der Waals surface area contributed by atoms with E-state index in [1.54, 1.807) is 50.6 Å². The molecule has 0 saturated carbocycles. The first kappa shape index (κ1) is 24.1. The molecule has 3 aromatic carbocycles. The first-order valence-electron chi connectivity index (χ1n) is 10.5. The lowest BCUT2D eigenvalue weighted by atomic mass is 10.1. The third-order valence-corrected chi connectivity index (χ3v) is 6.88. The summed E-state index contributed by atoms with van der Waals surface area (Å²) in [5.41, 5.74) is 2.30. The van der Waals surface area contributed by atoms with Crippen molar-refractivity contribution in [2.24, 2.45) is 0 Å². The first-order valence-corrected chi connectivity index (χ1v) is 11.9. The third-order valence-electron chi connectivity index (χ3n) is 5.09. The molecule has 33 heavy (non-hydrogen) atoms. The number of amides is 1. The van der Waals surface area contributed by atoms with Crippen LogP contribution >= 0.6 is 0 Å². The molecule has 8 heteroatoms. The van der Waals surface area contributed by atoms with Crippen LogP contribution in [0.3, 0.4) is 0 Å². The van der Waals surface area contributed by atoms with E-state index >= 15 is 0 Å². The van der Waals surface area contributed by atoms with Crippen LogP contribution in [-0.4, -0.2) is 41.6 Å². The van der Waals surface area contributed by atoms with Gasteiger partial charge in [-0.25, -0.2) is 8.42 Å². The van der Waals surface area contributed by atoms with Crippen LogP contribution in [0, 0.1) is 6.92 Å². The van der Waals surface area contributed by atoms with Crippen molar-refractivity contribution in [1.29, 1.82) is 0 Å². The minimum atomic E-state index is -3.92. The molecule has 0 radical (unpaired) electrons. The van der Waals surface area contributed by atoms with Gasteiger partial charge in [0.1, 0.15) is 6.54 Å². The second-order valence-corrected chi connectivity index (χ2v) is 9.32. The summed E-state index contributed by atoms with van der Waals surface area (Å²) in [7, 11) is -0.781. The van der Waals surface area contributed by atoms with Crippen molar-refractivity contribution in [3.8, 4) is 11.5 Å². The minimum absolute atomic E-state index is 0.129. The van der Waals surface area contributed by atoms with E-state index in [9.17, 15) is 13.2 Å². The quantitative estimate of drug-likeness (QED) is 0.492. The van der Waals surface area contributed by atoms with Gasteiger partial charge in [0.05, 0.1) is 24.8 Å². The van der Waals surface area contributed by atoms with Crippen molar-refractivity contribution in [3.63, 3.8) is 0 Å². The number of hydrogen-bond acceptors (Lipinski definition) is 5. The van der Waals surface area contributed by atoms with E-state index in [-0.39, 0.29) is 11.4 Å². The fourth-order valence-electron chi connectivity index (χ4n) is 3.39. The molecule has 0 saturated heterocycles. The van der Waals surface area contributed by atoms with Gasteiger partial charge in [-0.15, -0.1) is 0 Å². The number of benzene rings is 3. The van der Waals surface area contributed by atoms with Crippen LogP contribution in [0.15, 0.2) is 77.7 Å². The molecule has 1 N–H and O–H groups in total. The number of rotatable bonds is 10.